The van der Waals surface area contributed by atoms with E-state index < -0.39 is 5.97 Å². The lowest BCUT2D eigenvalue weighted by molar-refractivity contribution is 0.0472. The zero-order valence-corrected chi connectivity index (χ0v) is 14.6. The molecule has 0 unspecified atom stereocenters. The summed E-state index contributed by atoms with van der Waals surface area (Å²) in [5.41, 5.74) is 2.10. The molecule has 0 atom stereocenters. The van der Waals surface area contributed by atoms with E-state index in [0.717, 1.165) is 0 Å². The molecule has 0 bridgehead atoms. The molecule has 0 radical (unpaired) electrons. The highest BCUT2D eigenvalue weighted by Gasteiger charge is 2.10. The number of pyridine rings is 1. The highest BCUT2D eigenvalue weighted by Crippen LogP contribution is 2.17. The third-order valence-corrected chi connectivity index (χ3v) is 4.26. The SMILES string of the molecule is COc1ccc2nc3ccc(COC(=O)c4ccccc4)cn3c(=O)c2c1. The van der Waals surface area contributed by atoms with Crippen LogP contribution in [0.15, 0.2) is 71.7 Å². The molecule has 6 heteroatoms. The standard InChI is InChI=1S/C21H16N2O4/c1-26-16-8-9-18-17(11-16)20(24)23-12-14(7-10-19(23)22-18)13-27-21(25)15-5-3-2-4-6-15/h2-12H,13H2,1H3. The monoisotopic (exact) mass is 360 g/mol. The topological polar surface area (TPSA) is 69.9 Å². The largest absolute Gasteiger partial charge is 0.497 e. The van der Waals surface area contributed by atoms with Crippen LogP contribution < -0.4 is 10.3 Å². The zero-order chi connectivity index (χ0) is 18.8. The highest BCUT2D eigenvalue weighted by atomic mass is 16.5. The molecule has 27 heavy (non-hydrogen) atoms. The van der Waals surface area contributed by atoms with Gasteiger partial charge in [0.1, 0.15) is 18.0 Å². The predicted molar refractivity (Wildman–Crippen MR) is 101 cm³/mol. The summed E-state index contributed by atoms with van der Waals surface area (Å²) in [6, 6.07) is 17.5. The number of hydrogen-bond acceptors (Lipinski definition) is 5. The summed E-state index contributed by atoms with van der Waals surface area (Å²) < 4.78 is 12.0. The minimum Gasteiger partial charge on any atom is -0.497 e. The summed E-state index contributed by atoms with van der Waals surface area (Å²) >= 11 is 0. The van der Waals surface area contributed by atoms with Gasteiger partial charge in [0.25, 0.3) is 5.56 Å². The Kier molecular flexibility index (Phi) is 4.30. The first-order chi connectivity index (χ1) is 13.2. The molecule has 6 nitrogen and oxygen atoms in total. The summed E-state index contributed by atoms with van der Waals surface area (Å²) in [7, 11) is 1.55. The van der Waals surface area contributed by atoms with Crippen molar-refractivity contribution in [1.29, 1.82) is 0 Å². The Hall–Kier alpha value is -3.67. The van der Waals surface area contributed by atoms with E-state index in [0.29, 0.717) is 33.4 Å². The lowest BCUT2D eigenvalue weighted by atomic mass is 10.2. The van der Waals surface area contributed by atoms with E-state index in [2.05, 4.69) is 4.98 Å². The number of ether oxygens (including phenoxy) is 2. The number of carbonyl (C=O) groups excluding carboxylic acids is 1. The Morgan fingerprint density at radius 3 is 2.67 bits per heavy atom. The second-order valence-electron chi connectivity index (χ2n) is 6.01. The molecule has 0 aliphatic heterocycles. The van der Waals surface area contributed by atoms with E-state index >= 15 is 0 Å². The Morgan fingerprint density at radius 1 is 1.07 bits per heavy atom. The van der Waals surface area contributed by atoms with Crippen molar-refractivity contribution in [3.8, 4) is 5.75 Å². The Labute approximate surface area is 154 Å². The van der Waals surface area contributed by atoms with Gasteiger partial charge in [-0.2, -0.15) is 0 Å². The molecule has 2 aromatic carbocycles. The van der Waals surface area contributed by atoms with Crippen LogP contribution in [0.2, 0.25) is 0 Å². The zero-order valence-electron chi connectivity index (χ0n) is 14.6. The van der Waals surface area contributed by atoms with Gasteiger partial charge in [-0.3, -0.25) is 9.20 Å². The van der Waals surface area contributed by atoms with Gasteiger partial charge in [0.05, 0.1) is 23.6 Å². The van der Waals surface area contributed by atoms with E-state index in [9.17, 15) is 9.59 Å². The number of nitrogens with zero attached hydrogens (tertiary/aromatic N) is 2. The number of fused-ring (bicyclic) bond motifs is 2. The van der Waals surface area contributed by atoms with Crippen LogP contribution in [-0.2, 0) is 11.3 Å². The predicted octanol–water partition coefficient (Wildman–Crippen LogP) is 3.21. The van der Waals surface area contributed by atoms with Crippen LogP contribution in [0.5, 0.6) is 5.75 Å². The van der Waals surface area contributed by atoms with Gasteiger partial charge < -0.3 is 9.47 Å². The number of esters is 1. The number of benzene rings is 2. The summed E-state index contributed by atoms with van der Waals surface area (Å²) in [4.78, 5) is 29.4. The smallest absolute Gasteiger partial charge is 0.338 e. The molecule has 0 fully saturated rings. The van der Waals surface area contributed by atoms with Gasteiger partial charge in [-0.1, -0.05) is 24.3 Å². The van der Waals surface area contributed by atoms with E-state index in [1.165, 1.54) is 4.40 Å². The van der Waals surface area contributed by atoms with Crippen molar-refractivity contribution in [2.75, 3.05) is 7.11 Å². The molecule has 134 valence electrons. The lowest BCUT2D eigenvalue weighted by Gasteiger charge is -2.08. The van der Waals surface area contributed by atoms with E-state index in [1.54, 1.807) is 67.9 Å². The fraction of sp³-hybridized carbons (Fsp3) is 0.0952. The molecule has 2 aromatic heterocycles. The molecule has 0 spiro atoms. The quantitative estimate of drug-likeness (QED) is 0.413. The first-order valence-corrected chi connectivity index (χ1v) is 8.37. The van der Waals surface area contributed by atoms with Crippen LogP contribution in [0.3, 0.4) is 0 Å². The lowest BCUT2D eigenvalue weighted by Crippen LogP contribution is -2.16. The van der Waals surface area contributed by atoms with Crippen molar-refractivity contribution < 1.29 is 14.3 Å². The molecule has 0 saturated carbocycles. The van der Waals surface area contributed by atoms with Gasteiger partial charge in [0.15, 0.2) is 0 Å². The van der Waals surface area contributed by atoms with E-state index in [1.807, 2.05) is 6.07 Å². The van der Waals surface area contributed by atoms with Crippen molar-refractivity contribution in [3.63, 3.8) is 0 Å². The second-order valence-corrected chi connectivity index (χ2v) is 6.01. The summed E-state index contributed by atoms with van der Waals surface area (Å²) in [6.07, 6.45) is 1.64. The van der Waals surface area contributed by atoms with Crippen molar-refractivity contribution in [1.82, 2.24) is 9.38 Å². The second kappa shape index (κ2) is 6.92. The van der Waals surface area contributed by atoms with Crippen molar-refractivity contribution in [2.24, 2.45) is 0 Å². The number of hydrogen-bond donors (Lipinski definition) is 0. The minimum absolute atomic E-state index is 0.0618. The number of rotatable bonds is 4. The van der Waals surface area contributed by atoms with Crippen LogP contribution in [-0.4, -0.2) is 22.5 Å². The molecule has 0 aliphatic rings. The Balaban J connectivity index is 1.67. The van der Waals surface area contributed by atoms with Crippen molar-refractivity contribution in [3.05, 3.63) is 88.3 Å². The molecule has 0 aliphatic carbocycles. The van der Waals surface area contributed by atoms with Gasteiger partial charge >= 0.3 is 5.97 Å². The maximum atomic E-state index is 12.8. The van der Waals surface area contributed by atoms with Gasteiger partial charge in [0, 0.05) is 11.8 Å². The van der Waals surface area contributed by atoms with Crippen molar-refractivity contribution >= 4 is 22.5 Å². The fourth-order valence-electron chi connectivity index (χ4n) is 2.85. The molecular formula is C21H16N2O4. The van der Waals surface area contributed by atoms with E-state index in [4.69, 9.17) is 9.47 Å². The Morgan fingerprint density at radius 2 is 1.89 bits per heavy atom. The summed E-state index contributed by atoms with van der Waals surface area (Å²) in [5, 5.41) is 0.463. The van der Waals surface area contributed by atoms with E-state index in [-0.39, 0.29) is 12.2 Å². The summed E-state index contributed by atoms with van der Waals surface area (Å²) in [5.74, 6) is 0.179. The average Bonchev–Trinajstić information content (AvgIpc) is 2.73. The number of aromatic nitrogens is 2. The maximum Gasteiger partial charge on any atom is 0.338 e. The molecule has 2 heterocycles. The van der Waals surface area contributed by atoms with Crippen LogP contribution in [0, 0.1) is 0 Å². The maximum absolute atomic E-state index is 12.8. The van der Waals surface area contributed by atoms with Gasteiger partial charge in [-0.15, -0.1) is 0 Å². The third-order valence-electron chi connectivity index (χ3n) is 4.26. The first-order valence-electron chi connectivity index (χ1n) is 8.37. The number of methoxy groups -OCH3 is 1. The van der Waals surface area contributed by atoms with Gasteiger partial charge in [-0.25, -0.2) is 9.78 Å². The normalized spacial score (nSPS) is 10.9. The van der Waals surface area contributed by atoms with Crippen LogP contribution in [0.4, 0.5) is 0 Å². The Bertz CT molecular complexity index is 1200. The van der Waals surface area contributed by atoms with Crippen LogP contribution >= 0.6 is 0 Å². The molecule has 0 amide bonds. The number of carbonyl (C=O) groups is 1. The van der Waals surface area contributed by atoms with Gasteiger partial charge in [0.2, 0.25) is 0 Å². The van der Waals surface area contributed by atoms with Crippen molar-refractivity contribution in [2.45, 2.75) is 6.61 Å². The fourth-order valence-corrected chi connectivity index (χ4v) is 2.85. The summed E-state index contributed by atoms with van der Waals surface area (Å²) in [6.45, 7) is 0.0618. The highest BCUT2D eigenvalue weighted by molar-refractivity contribution is 5.89. The molecular weight excluding hydrogens is 344 g/mol. The third kappa shape index (κ3) is 3.25. The van der Waals surface area contributed by atoms with Crippen LogP contribution in [0.25, 0.3) is 16.6 Å². The molecule has 4 aromatic rings. The molecule has 0 saturated heterocycles. The first kappa shape index (κ1) is 16.8. The minimum atomic E-state index is -0.413. The van der Waals surface area contributed by atoms with Gasteiger partial charge in [-0.05, 0) is 36.4 Å². The van der Waals surface area contributed by atoms with Crippen LogP contribution in [0.1, 0.15) is 15.9 Å². The average molecular weight is 360 g/mol. The molecule has 4 rings (SSSR count). The molecule has 0 N–H and O–H groups in total.